The molecule has 0 atom stereocenters. The van der Waals surface area contributed by atoms with Gasteiger partial charge in [0, 0.05) is 40.5 Å². The Balaban J connectivity index is 1.34. The molecule has 0 N–H and O–H groups in total. The van der Waals surface area contributed by atoms with Gasteiger partial charge in [0.25, 0.3) is 11.2 Å². The van der Waals surface area contributed by atoms with Crippen molar-refractivity contribution >= 4 is 16.6 Å². The maximum absolute atomic E-state index is 13.0. The van der Waals surface area contributed by atoms with Crippen LogP contribution in [0.4, 0.5) is 5.69 Å². The van der Waals surface area contributed by atoms with Crippen LogP contribution in [0.2, 0.25) is 0 Å². The van der Waals surface area contributed by atoms with E-state index in [1.165, 1.54) is 12.1 Å². The summed E-state index contributed by atoms with van der Waals surface area (Å²) in [7, 11) is 0. The summed E-state index contributed by atoms with van der Waals surface area (Å²) in [6.07, 6.45) is 1.59. The van der Waals surface area contributed by atoms with Gasteiger partial charge in [-0.05, 0) is 64.2 Å². The molecule has 0 radical (unpaired) electrons. The minimum absolute atomic E-state index is 0.00657. The van der Waals surface area contributed by atoms with E-state index in [1.54, 1.807) is 22.9 Å². The average Bonchev–Trinajstić information content (AvgIpc) is 3.52. The van der Waals surface area contributed by atoms with Crippen LogP contribution in [-0.4, -0.2) is 34.7 Å². The van der Waals surface area contributed by atoms with E-state index in [2.05, 4.69) is 29.4 Å². The number of nitrogens with zero attached hydrogens (tertiary/aromatic N) is 7. The van der Waals surface area contributed by atoms with Gasteiger partial charge in [-0.3, -0.25) is 19.9 Å². The quantitative estimate of drug-likeness (QED) is 0.172. The van der Waals surface area contributed by atoms with Gasteiger partial charge < -0.3 is 4.57 Å². The van der Waals surface area contributed by atoms with Crippen molar-refractivity contribution in [2.45, 2.75) is 33.2 Å². The maximum Gasteiger partial charge on any atom is 0.269 e. The van der Waals surface area contributed by atoms with Gasteiger partial charge in [0.1, 0.15) is 0 Å². The smallest absolute Gasteiger partial charge is 0.269 e. The van der Waals surface area contributed by atoms with E-state index >= 15 is 0 Å². The monoisotopic (exact) mass is 557 g/mol. The molecule has 208 valence electrons. The number of non-ortho nitro benzene ring substituents is 1. The van der Waals surface area contributed by atoms with E-state index in [0.29, 0.717) is 18.1 Å². The number of hydrogen-bond acceptors (Lipinski definition) is 7. The summed E-state index contributed by atoms with van der Waals surface area (Å²) in [6, 6.07) is 27.5. The molecule has 0 unspecified atom stereocenters. The van der Waals surface area contributed by atoms with Gasteiger partial charge in [0.2, 0.25) is 0 Å². The molecule has 0 saturated carbocycles. The van der Waals surface area contributed by atoms with Gasteiger partial charge >= 0.3 is 0 Å². The van der Waals surface area contributed by atoms with Gasteiger partial charge in [-0.25, -0.2) is 0 Å². The summed E-state index contributed by atoms with van der Waals surface area (Å²) in [5.41, 5.74) is 7.12. The van der Waals surface area contributed by atoms with Crippen molar-refractivity contribution in [2.75, 3.05) is 0 Å². The lowest BCUT2D eigenvalue weighted by Gasteiger charge is -2.14. The van der Waals surface area contributed by atoms with Crippen molar-refractivity contribution in [2.24, 2.45) is 0 Å². The van der Waals surface area contributed by atoms with E-state index in [1.807, 2.05) is 65.2 Å². The molecule has 0 fully saturated rings. The van der Waals surface area contributed by atoms with Gasteiger partial charge in [-0.15, -0.1) is 5.10 Å². The predicted molar refractivity (Wildman–Crippen MR) is 161 cm³/mol. The topological polar surface area (TPSA) is 122 Å². The molecular weight excluding hydrogens is 530 g/mol. The largest absolute Gasteiger partial charge is 0.304 e. The molecule has 0 saturated heterocycles. The molecule has 42 heavy (non-hydrogen) atoms. The molecule has 0 spiro atoms. The number of nitro benzene ring substituents is 1. The number of nitro groups is 1. The lowest BCUT2D eigenvalue weighted by molar-refractivity contribution is -0.384. The van der Waals surface area contributed by atoms with Crippen LogP contribution in [-0.2, 0) is 19.4 Å². The number of aromatic nitrogens is 6. The molecule has 0 aliphatic rings. The van der Waals surface area contributed by atoms with Crippen LogP contribution in [0.1, 0.15) is 30.8 Å². The van der Waals surface area contributed by atoms with Crippen molar-refractivity contribution in [3.8, 4) is 28.2 Å². The molecule has 6 rings (SSSR count). The van der Waals surface area contributed by atoms with Gasteiger partial charge in [-0.1, -0.05) is 62.4 Å². The molecule has 0 aliphatic carbocycles. The Bertz CT molecular complexity index is 1980. The molecule has 0 amide bonds. The molecule has 0 bridgehead atoms. The van der Waals surface area contributed by atoms with Crippen molar-refractivity contribution in [1.82, 2.24) is 29.8 Å². The molecule has 6 aromatic rings. The van der Waals surface area contributed by atoms with Crippen LogP contribution in [0.25, 0.3) is 39.1 Å². The first-order valence-corrected chi connectivity index (χ1v) is 13.7. The molecule has 10 heteroatoms. The number of aryl methyl sites for hydroxylation is 2. The van der Waals surface area contributed by atoms with Crippen molar-refractivity contribution in [3.63, 3.8) is 0 Å². The van der Waals surface area contributed by atoms with E-state index in [0.717, 1.165) is 57.4 Å². The number of pyridine rings is 2. The minimum Gasteiger partial charge on any atom is -0.304 e. The fourth-order valence-electron chi connectivity index (χ4n) is 5.18. The number of benzene rings is 3. The SMILES string of the molecule is CCc1cc2c(ccc(=O)n2Cc2ccc(-c3ccccc3-c3nnnn3-c3ccc([N+](=O)[O-])cc3)cc2)c(CC)n1. The zero-order valence-electron chi connectivity index (χ0n) is 23.1. The molecule has 3 aromatic carbocycles. The summed E-state index contributed by atoms with van der Waals surface area (Å²) in [4.78, 5) is 28.4. The second kappa shape index (κ2) is 11.2. The third kappa shape index (κ3) is 4.94. The van der Waals surface area contributed by atoms with Crippen LogP contribution in [0.5, 0.6) is 0 Å². The average molecular weight is 558 g/mol. The van der Waals surface area contributed by atoms with Crippen molar-refractivity contribution in [3.05, 3.63) is 128 Å². The Kier molecular flexibility index (Phi) is 7.10. The second-order valence-electron chi connectivity index (χ2n) is 9.89. The third-order valence-electron chi connectivity index (χ3n) is 7.36. The molecule has 3 heterocycles. The highest BCUT2D eigenvalue weighted by Gasteiger charge is 2.17. The fourth-order valence-corrected chi connectivity index (χ4v) is 5.18. The first-order valence-electron chi connectivity index (χ1n) is 13.7. The van der Waals surface area contributed by atoms with Crippen LogP contribution < -0.4 is 5.56 Å². The molecular formula is C32H27N7O3. The predicted octanol–water partition coefficient (Wildman–Crippen LogP) is 5.79. The molecule has 0 aliphatic heterocycles. The van der Waals surface area contributed by atoms with E-state index in [-0.39, 0.29) is 11.2 Å². The maximum atomic E-state index is 13.0. The summed E-state index contributed by atoms with van der Waals surface area (Å²) in [5.74, 6) is 0.512. The van der Waals surface area contributed by atoms with Crippen molar-refractivity contribution in [1.29, 1.82) is 0 Å². The lowest BCUT2D eigenvalue weighted by atomic mass is 9.98. The summed E-state index contributed by atoms with van der Waals surface area (Å²) in [5, 5.41) is 24.4. The number of tetrazole rings is 1. The Morgan fingerprint density at radius 1 is 0.857 bits per heavy atom. The van der Waals surface area contributed by atoms with Gasteiger partial charge in [0.05, 0.1) is 22.7 Å². The Labute approximate surface area is 241 Å². The van der Waals surface area contributed by atoms with Gasteiger partial charge in [0.15, 0.2) is 5.82 Å². The highest BCUT2D eigenvalue weighted by atomic mass is 16.6. The molecule has 3 aromatic heterocycles. The van der Waals surface area contributed by atoms with Crippen LogP contribution in [0.3, 0.4) is 0 Å². The number of rotatable bonds is 8. The lowest BCUT2D eigenvalue weighted by Crippen LogP contribution is -2.20. The zero-order chi connectivity index (χ0) is 29.2. The first-order chi connectivity index (χ1) is 20.5. The Morgan fingerprint density at radius 3 is 2.29 bits per heavy atom. The van der Waals surface area contributed by atoms with Crippen molar-refractivity contribution < 1.29 is 4.92 Å². The van der Waals surface area contributed by atoms with Gasteiger partial charge in [-0.2, -0.15) is 4.68 Å². The highest BCUT2D eigenvalue weighted by molar-refractivity contribution is 5.82. The zero-order valence-corrected chi connectivity index (χ0v) is 23.1. The summed E-state index contributed by atoms with van der Waals surface area (Å²) in [6.45, 7) is 4.59. The second-order valence-corrected chi connectivity index (χ2v) is 9.89. The number of hydrogen-bond donors (Lipinski definition) is 0. The Morgan fingerprint density at radius 2 is 1.60 bits per heavy atom. The minimum atomic E-state index is -0.442. The van der Waals surface area contributed by atoms with Crippen LogP contribution in [0, 0.1) is 10.1 Å². The Hall–Kier alpha value is -5.51. The summed E-state index contributed by atoms with van der Waals surface area (Å²) < 4.78 is 3.38. The van der Waals surface area contributed by atoms with E-state index in [4.69, 9.17) is 4.98 Å². The number of fused-ring (bicyclic) bond motifs is 1. The fraction of sp³-hybridized carbons (Fsp3) is 0.156. The van der Waals surface area contributed by atoms with Crippen LogP contribution >= 0.6 is 0 Å². The molecule has 10 nitrogen and oxygen atoms in total. The van der Waals surface area contributed by atoms with E-state index < -0.39 is 4.92 Å². The highest BCUT2D eigenvalue weighted by Crippen LogP contribution is 2.32. The normalized spacial score (nSPS) is 11.2. The first kappa shape index (κ1) is 26.7. The van der Waals surface area contributed by atoms with Crippen LogP contribution in [0.15, 0.2) is 95.8 Å². The third-order valence-corrected chi connectivity index (χ3v) is 7.36. The standard InChI is InChI=1S/C32H27N7O3/c1-3-23-19-30-28(29(4-2)33-23)17-18-31(40)37(30)20-21-9-11-22(12-10-21)26-7-5-6-8-27(26)32-34-35-36-38(32)24-13-15-25(16-14-24)39(41)42/h5-19H,3-4,20H2,1-2H3. The summed E-state index contributed by atoms with van der Waals surface area (Å²) >= 11 is 0. The van der Waals surface area contributed by atoms with E-state index in [9.17, 15) is 14.9 Å².